The van der Waals surface area contributed by atoms with Crippen LogP contribution in [0.25, 0.3) is 6.08 Å². The quantitative estimate of drug-likeness (QED) is 0.584. The Labute approximate surface area is 174 Å². The van der Waals surface area contributed by atoms with Gasteiger partial charge in [-0.25, -0.2) is 0 Å². The minimum absolute atomic E-state index is 0.0318. The number of benzene rings is 1. The van der Waals surface area contributed by atoms with Crippen molar-refractivity contribution >= 4 is 52.2 Å². The molecule has 7 heteroatoms. The Kier molecular flexibility index (Phi) is 6.95. The number of likely N-dealkylation sites (tertiary alicyclic amines) is 1. The van der Waals surface area contributed by atoms with Crippen LogP contribution >= 0.6 is 23.6 Å². The second-order valence-electron chi connectivity index (χ2n) is 6.85. The lowest BCUT2D eigenvalue weighted by molar-refractivity contribution is -0.115. The van der Waals surface area contributed by atoms with Gasteiger partial charge in [0.1, 0.15) is 0 Å². The third kappa shape index (κ3) is 5.74. The highest BCUT2D eigenvalue weighted by Gasteiger charge is 2.21. The normalized spacial score (nSPS) is 14.8. The van der Waals surface area contributed by atoms with Crippen molar-refractivity contribution in [3.8, 4) is 0 Å². The molecule has 1 fully saturated rings. The second kappa shape index (κ2) is 9.61. The van der Waals surface area contributed by atoms with Crippen LogP contribution in [0.1, 0.15) is 35.0 Å². The summed E-state index contributed by atoms with van der Waals surface area (Å²) in [6.45, 7) is 3.81. The summed E-state index contributed by atoms with van der Waals surface area (Å²) < 4.78 is 0. The average Bonchev–Trinajstić information content (AvgIpc) is 3.20. The van der Waals surface area contributed by atoms with Gasteiger partial charge in [0.15, 0.2) is 5.11 Å². The van der Waals surface area contributed by atoms with Gasteiger partial charge in [0.25, 0.3) is 5.91 Å². The van der Waals surface area contributed by atoms with Crippen LogP contribution in [0.2, 0.25) is 0 Å². The monoisotopic (exact) mass is 413 g/mol. The van der Waals surface area contributed by atoms with E-state index >= 15 is 0 Å². The Morgan fingerprint density at radius 2 is 2.00 bits per heavy atom. The fourth-order valence-corrected chi connectivity index (χ4v) is 3.82. The zero-order valence-corrected chi connectivity index (χ0v) is 17.3. The maximum atomic E-state index is 12.7. The molecule has 0 radical (unpaired) electrons. The molecule has 2 aromatic rings. The topological polar surface area (TPSA) is 61.4 Å². The number of nitrogens with one attached hydrogen (secondary N) is 2. The molecule has 3 rings (SSSR count). The molecular weight excluding hydrogens is 390 g/mol. The number of thiocarbonyl (C=S) groups is 1. The number of thiophene rings is 1. The number of piperidine rings is 1. The van der Waals surface area contributed by atoms with Crippen LogP contribution < -0.4 is 10.6 Å². The first-order chi connectivity index (χ1) is 13.5. The van der Waals surface area contributed by atoms with Crippen molar-refractivity contribution in [3.63, 3.8) is 0 Å². The van der Waals surface area contributed by atoms with Gasteiger partial charge in [-0.1, -0.05) is 19.1 Å². The number of carbonyl (C=O) groups excluding carboxylic acids is 2. The summed E-state index contributed by atoms with van der Waals surface area (Å²) in [5, 5.41) is 7.72. The molecule has 1 saturated heterocycles. The van der Waals surface area contributed by atoms with Gasteiger partial charge in [-0.15, -0.1) is 11.3 Å². The molecule has 0 bridgehead atoms. The molecule has 0 atom stereocenters. The first-order valence-corrected chi connectivity index (χ1v) is 10.5. The van der Waals surface area contributed by atoms with Crippen molar-refractivity contribution in [2.75, 3.05) is 18.4 Å². The summed E-state index contributed by atoms with van der Waals surface area (Å²) in [6, 6.07) is 11.0. The first-order valence-electron chi connectivity index (χ1n) is 9.24. The number of hydrogen-bond acceptors (Lipinski definition) is 4. The van der Waals surface area contributed by atoms with Crippen molar-refractivity contribution in [2.24, 2.45) is 5.92 Å². The molecule has 5 nitrogen and oxygen atoms in total. The van der Waals surface area contributed by atoms with E-state index in [1.54, 1.807) is 29.5 Å². The third-order valence-corrected chi connectivity index (χ3v) is 5.66. The zero-order valence-electron chi connectivity index (χ0n) is 15.7. The van der Waals surface area contributed by atoms with E-state index in [1.165, 1.54) is 6.08 Å². The summed E-state index contributed by atoms with van der Waals surface area (Å²) in [7, 11) is 0. The van der Waals surface area contributed by atoms with Gasteiger partial charge in [-0.3, -0.25) is 14.9 Å². The molecule has 0 spiro atoms. The fraction of sp³-hybridized carbons (Fsp3) is 0.286. The molecule has 1 aliphatic heterocycles. The summed E-state index contributed by atoms with van der Waals surface area (Å²) in [6.07, 6.45) is 5.26. The lowest BCUT2D eigenvalue weighted by Crippen LogP contribution is -2.38. The van der Waals surface area contributed by atoms with E-state index in [-0.39, 0.29) is 16.9 Å². The van der Waals surface area contributed by atoms with Gasteiger partial charge >= 0.3 is 0 Å². The standard InChI is InChI=1S/C21H23N3O2S2/c1-15-9-11-24(12-10-15)20(26)16-4-2-5-17(14-16)22-21(27)23-19(25)8-7-18-6-3-13-28-18/h2-8,13-15H,9-12H2,1H3,(H2,22,23,25,27)/b8-7+. The van der Waals surface area contributed by atoms with Crippen LogP contribution in [0.5, 0.6) is 0 Å². The van der Waals surface area contributed by atoms with Crippen LogP contribution in [0.4, 0.5) is 5.69 Å². The maximum Gasteiger partial charge on any atom is 0.253 e. The SMILES string of the molecule is CC1CCN(C(=O)c2cccc(NC(=S)NC(=O)/C=C/c3cccs3)c2)CC1. The maximum absolute atomic E-state index is 12.7. The van der Waals surface area contributed by atoms with Crippen molar-refractivity contribution in [1.82, 2.24) is 10.2 Å². The minimum atomic E-state index is -0.305. The minimum Gasteiger partial charge on any atom is -0.339 e. The van der Waals surface area contributed by atoms with E-state index < -0.39 is 0 Å². The highest BCUT2D eigenvalue weighted by molar-refractivity contribution is 7.80. The van der Waals surface area contributed by atoms with E-state index in [0.29, 0.717) is 17.2 Å². The average molecular weight is 414 g/mol. The van der Waals surface area contributed by atoms with E-state index in [4.69, 9.17) is 12.2 Å². The molecule has 146 valence electrons. The second-order valence-corrected chi connectivity index (χ2v) is 8.24. The fourth-order valence-electron chi connectivity index (χ4n) is 2.98. The van der Waals surface area contributed by atoms with Gasteiger partial charge in [0.05, 0.1) is 0 Å². The molecule has 0 aliphatic carbocycles. The van der Waals surface area contributed by atoms with Crippen molar-refractivity contribution < 1.29 is 9.59 Å². The number of amides is 2. The molecule has 2 heterocycles. The van der Waals surface area contributed by atoms with Crippen molar-refractivity contribution in [1.29, 1.82) is 0 Å². The van der Waals surface area contributed by atoms with Crippen LogP contribution in [-0.4, -0.2) is 34.9 Å². The van der Waals surface area contributed by atoms with Gasteiger partial charge in [-0.2, -0.15) is 0 Å². The van der Waals surface area contributed by atoms with E-state index in [2.05, 4.69) is 17.6 Å². The highest BCUT2D eigenvalue weighted by atomic mass is 32.1. The Bertz CT molecular complexity index is 870. The molecule has 0 saturated carbocycles. The Balaban J connectivity index is 1.55. The van der Waals surface area contributed by atoms with Crippen LogP contribution in [0.15, 0.2) is 47.9 Å². The number of hydrogen-bond donors (Lipinski definition) is 2. The van der Waals surface area contributed by atoms with E-state index in [9.17, 15) is 9.59 Å². The van der Waals surface area contributed by atoms with Crippen LogP contribution in [0, 0.1) is 5.92 Å². The smallest absolute Gasteiger partial charge is 0.253 e. The van der Waals surface area contributed by atoms with Crippen molar-refractivity contribution in [2.45, 2.75) is 19.8 Å². The van der Waals surface area contributed by atoms with E-state index in [0.717, 1.165) is 30.8 Å². The summed E-state index contributed by atoms with van der Waals surface area (Å²) in [5.74, 6) is 0.400. The lowest BCUT2D eigenvalue weighted by atomic mass is 9.98. The Hall–Kier alpha value is -2.51. The van der Waals surface area contributed by atoms with Gasteiger partial charge < -0.3 is 10.2 Å². The van der Waals surface area contributed by atoms with Gasteiger partial charge in [-0.05, 0) is 66.7 Å². The summed E-state index contributed by atoms with van der Waals surface area (Å²) >= 11 is 6.76. The molecule has 2 N–H and O–H groups in total. The summed E-state index contributed by atoms with van der Waals surface area (Å²) in [5.41, 5.74) is 1.29. The third-order valence-electron chi connectivity index (χ3n) is 4.62. The molecule has 2 amide bonds. The van der Waals surface area contributed by atoms with Crippen LogP contribution in [-0.2, 0) is 4.79 Å². The van der Waals surface area contributed by atoms with Gasteiger partial charge in [0, 0.05) is 35.3 Å². The zero-order chi connectivity index (χ0) is 19.9. The largest absolute Gasteiger partial charge is 0.339 e. The number of anilines is 1. The predicted octanol–water partition coefficient (Wildman–Crippen LogP) is 4.15. The molecule has 0 unspecified atom stereocenters. The van der Waals surface area contributed by atoms with Gasteiger partial charge in [0.2, 0.25) is 5.91 Å². The number of carbonyl (C=O) groups is 2. The molecular formula is C21H23N3O2S2. The predicted molar refractivity (Wildman–Crippen MR) is 118 cm³/mol. The Morgan fingerprint density at radius 3 is 2.71 bits per heavy atom. The van der Waals surface area contributed by atoms with Crippen molar-refractivity contribution in [3.05, 3.63) is 58.3 Å². The number of rotatable bonds is 4. The first kappa shape index (κ1) is 20.2. The molecule has 28 heavy (non-hydrogen) atoms. The number of nitrogens with zero attached hydrogens (tertiary/aromatic N) is 1. The Morgan fingerprint density at radius 1 is 1.21 bits per heavy atom. The molecule has 1 aromatic heterocycles. The molecule has 1 aliphatic rings. The molecule has 1 aromatic carbocycles. The highest BCUT2D eigenvalue weighted by Crippen LogP contribution is 2.19. The van der Waals surface area contributed by atoms with Crippen LogP contribution in [0.3, 0.4) is 0 Å². The lowest BCUT2D eigenvalue weighted by Gasteiger charge is -2.30. The van der Waals surface area contributed by atoms with E-state index in [1.807, 2.05) is 34.5 Å². The summed E-state index contributed by atoms with van der Waals surface area (Å²) in [4.78, 5) is 27.6.